The van der Waals surface area contributed by atoms with Gasteiger partial charge in [0.2, 0.25) is 0 Å². The van der Waals surface area contributed by atoms with E-state index in [9.17, 15) is 8.42 Å². The number of rotatable bonds is 10. The molecule has 0 radical (unpaired) electrons. The maximum atomic E-state index is 10.9. The van der Waals surface area contributed by atoms with Gasteiger partial charge in [-0.25, -0.2) is 8.42 Å². The molecular weight excluding hydrogens is 238 g/mol. The Kier molecular flexibility index (Phi) is 8.77. The fraction of sp³-hybridized carbons (Fsp3) is 1.00. The average Bonchev–Trinajstić information content (AvgIpc) is 2.14. The maximum Gasteiger partial charge on any atom is 0.148 e. The highest BCUT2D eigenvalue weighted by Crippen LogP contribution is 1.88. The second-order valence-electron chi connectivity index (χ2n) is 4.84. The molecule has 5 nitrogen and oxygen atoms in total. The maximum absolute atomic E-state index is 10.9. The van der Waals surface area contributed by atoms with Gasteiger partial charge in [-0.1, -0.05) is 0 Å². The lowest BCUT2D eigenvalue weighted by molar-refractivity contribution is 0.300. The minimum atomic E-state index is -2.83. The molecule has 0 aromatic heterocycles. The summed E-state index contributed by atoms with van der Waals surface area (Å²) in [5.41, 5.74) is 0. The Morgan fingerprint density at radius 1 is 1.00 bits per heavy atom. The van der Waals surface area contributed by atoms with E-state index in [0.29, 0.717) is 6.54 Å². The molecule has 0 bridgehead atoms. The van der Waals surface area contributed by atoms with Crippen molar-refractivity contribution in [2.75, 3.05) is 65.9 Å². The van der Waals surface area contributed by atoms with Crippen LogP contribution in [0.25, 0.3) is 0 Å². The molecule has 1 N–H and O–H groups in total. The van der Waals surface area contributed by atoms with Crippen molar-refractivity contribution in [3.8, 4) is 0 Å². The number of sulfone groups is 1. The van der Waals surface area contributed by atoms with Crippen LogP contribution < -0.4 is 5.32 Å². The first-order chi connectivity index (χ1) is 7.81. The molecule has 0 unspecified atom stereocenters. The van der Waals surface area contributed by atoms with Crippen molar-refractivity contribution in [1.29, 1.82) is 0 Å². The third-order valence-corrected chi connectivity index (χ3v) is 3.41. The van der Waals surface area contributed by atoms with Crippen molar-refractivity contribution in [1.82, 2.24) is 15.1 Å². The lowest BCUT2D eigenvalue weighted by Gasteiger charge is -2.18. The van der Waals surface area contributed by atoms with Gasteiger partial charge in [0.15, 0.2) is 0 Å². The Hall–Kier alpha value is -0.170. The van der Waals surface area contributed by atoms with Gasteiger partial charge in [0, 0.05) is 25.9 Å². The molecule has 0 aliphatic rings. The summed E-state index contributed by atoms with van der Waals surface area (Å²) in [7, 11) is 3.41. The number of likely N-dealkylation sites (N-methyl/N-ethyl adjacent to an activating group) is 1. The van der Waals surface area contributed by atoms with Gasteiger partial charge < -0.3 is 15.1 Å². The number of hydrogen-bond acceptors (Lipinski definition) is 5. The number of nitrogens with one attached hydrogen (secondary N) is 1. The zero-order valence-electron chi connectivity index (χ0n) is 11.6. The Bertz CT molecular complexity index is 278. The van der Waals surface area contributed by atoms with Crippen LogP contribution >= 0.6 is 0 Å². The van der Waals surface area contributed by atoms with Crippen LogP contribution in [0.2, 0.25) is 0 Å². The van der Waals surface area contributed by atoms with E-state index in [1.165, 1.54) is 6.26 Å². The van der Waals surface area contributed by atoms with Crippen LogP contribution in [0, 0.1) is 0 Å². The molecule has 0 amide bonds. The van der Waals surface area contributed by atoms with Crippen LogP contribution in [-0.2, 0) is 9.84 Å². The highest BCUT2D eigenvalue weighted by Gasteiger charge is 2.01. The lowest BCUT2D eigenvalue weighted by Crippen LogP contribution is -2.33. The highest BCUT2D eigenvalue weighted by molar-refractivity contribution is 7.90. The lowest BCUT2D eigenvalue weighted by atomic mass is 10.3. The topological polar surface area (TPSA) is 52.6 Å². The molecule has 0 aromatic rings. The number of hydrogen-bond donors (Lipinski definition) is 1. The molecule has 0 spiro atoms. The fourth-order valence-electron chi connectivity index (χ4n) is 1.42. The van der Waals surface area contributed by atoms with Gasteiger partial charge >= 0.3 is 0 Å². The van der Waals surface area contributed by atoms with E-state index in [-0.39, 0.29) is 5.75 Å². The van der Waals surface area contributed by atoms with Crippen molar-refractivity contribution in [2.45, 2.75) is 6.42 Å². The molecule has 0 fully saturated rings. The first-order valence-corrected chi connectivity index (χ1v) is 8.09. The smallest absolute Gasteiger partial charge is 0.148 e. The first-order valence-electron chi connectivity index (χ1n) is 6.03. The predicted octanol–water partition coefficient (Wildman–Crippen LogP) is -0.496. The van der Waals surface area contributed by atoms with E-state index in [4.69, 9.17) is 0 Å². The van der Waals surface area contributed by atoms with Crippen LogP contribution in [-0.4, -0.2) is 84.1 Å². The quantitative estimate of drug-likeness (QED) is 0.540. The van der Waals surface area contributed by atoms with E-state index < -0.39 is 9.84 Å². The Morgan fingerprint density at radius 2 is 1.65 bits per heavy atom. The Morgan fingerprint density at radius 3 is 2.18 bits per heavy atom. The molecule has 0 atom stereocenters. The van der Waals surface area contributed by atoms with Crippen LogP contribution in [0.3, 0.4) is 0 Å². The van der Waals surface area contributed by atoms with Gasteiger partial charge in [-0.15, -0.1) is 0 Å². The van der Waals surface area contributed by atoms with Crippen LogP contribution in [0.15, 0.2) is 0 Å². The minimum absolute atomic E-state index is 0.220. The summed E-state index contributed by atoms with van der Waals surface area (Å²) in [6.07, 6.45) is 2.43. The van der Waals surface area contributed by atoms with E-state index in [1.54, 1.807) is 0 Å². The highest BCUT2D eigenvalue weighted by atomic mass is 32.2. The molecule has 6 heteroatoms. The molecule has 0 saturated carbocycles. The van der Waals surface area contributed by atoms with Gasteiger partial charge in [0.1, 0.15) is 9.84 Å². The summed E-state index contributed by atoms with van der Waals surface area (Å²) in [5, 5.41) is 3.14. The summed E-state index contributed by atoms with van der Waals surface area (Å²) in [5.74, 6) is 0.220. The van der Waals surface area contributed by atoms with Crippen molar-refractivity contribution < 1.29 is 8.42 Å². The zero-order valence-corrected chi connectivity index (χ0v) is 12.4. The summed E-state index contributed by atoms with van der Waals surface area (Å²) in [6.45, 7) is 4.52. The summed E-state index contributed by atoms with van der Waals surface area (Å²) in [6, 6.07) is 0. The molecular formula is C11H27N3O2S. The summed E-state index contributed by atoms with van der Waals surface area (Å²) < 4.78 is 21.8. The van der Waals surface area contributed by atoms with Gasteiger partial charge in [0.05, 0.1) is 5.75 Å². The largest absolute Gasteiger partial charge is 0.314 e. The van der Waals surface area contributed by atoms with Crippen LogP contribution in [0.4, 0.5) is 0 Å². The molecule has 0 saturated heterocycles. The van der Waals surface area contributed by atoms with Crippen molar-refractivity contribution in [2.24, 2.45) is 0 Å². The fourth-order valence-corrected chi connectivity index (χ4v) is 1.94. The van der Waals surface area contributed by atoms with Gasteiger partial charge in [-0.3, -0.25) is 0 Å². The standard InChI is InChI=1S/C11H27N3O2S/c1-13(2)8-5-9-14(3)10-6-12-7-11-17(4,15)16/h12H,5-11H2,1-4H3. The SMILES string of the molecule is CN(C)CCCN(C)CCNCCS(C)(=O)=O. The molecule has 0 aliphatic heterocycles. The van der Waals surface area contributed by atoms with Crippen LogP contribution in [0.5, 0.6) is 0 Å². The summed E-state index contributed by atoms with van der Waals surface area (Å²) >= 11 is 0. The van der Waals surface area contributed by atoms with Crippen molar-refractivity contribution in [3.63, 3.8) is 0 Å². The molecule has 0 heterocycles. The second-order valence-corrected chi connectivity index (χ2v) is 7.10. The first kappa shape index (κ1) is 16.8. The van der Waals surface area contributed by atoms with Crippen molar-refractivity contribution in [3.05, 3.63) is 0 Å². The van der Waals surface area contributed by atoms with E-state index in [2.05, 4.69) is 36.3 Å². The molecule has 0 rings (SSSR count). The minimum Gasteiger partial charge on any atom is -0.314 e. The normalized spacial score (nSPS) is 12.6. The van der Waals surface area contributed by atoms with Crippen molar-refractivity contribution >= 4 is 9.84 Å². The monoisotopic (exact) mass is 265 g/mol. The number of nitrogens with zero attached hydrogens (tertiary/aromatic N) is 2. The van der Waals surface area contributed by atoms with E-state index in [0.717, 1.165) is 32.6 Å². The molecule has 104 valence electrons. The third kappa shape index (κ3) is 13.8. The second kappa shape index (κ2) is 8.85. The van der Waals surface area contributed by atoms with Crippen LogP contribution in [0.1, 0.15) is 6.42 Å². The van der Waals surface area contributed by atoms with Gasteiger partial charge in [-0.2, -0.15) is 0 Å². The Labute approximate surface area is 106 Å². The third-order valence-electron chi connectivity index (χ3n) is 2.47. The molecule has 0 aromatic carbocycles. The van der Waals surface area contributed by atoms with E-state index in [1.807, 2.05) is 0 Å². The molecule has 17 heavy (non-hydrogen) atoms. The Balaban J connectivity index is 3.36. The van der Waals surface area contributed by atoms with Gasteiger partial charge in [-0.05, 0) is 40.7 Å². The molecule has 0 aliphatic carbocycles. The predicted molar refractivity (Wildman–Crippen MR) is 73.2 cm³/mol. The van der Waals surface area contributed by atoms with Gasteiger partial charge in [0.25, 0.3) is 0 Å². The van der Waals surface area contributed by atoms with E-state index >= 15 is 0 Å². The zero-order chi connectivity index (χ0) is 13.3. The summed E-state index contributed by atoms with van der Waals surface area (Å²) in [4.78, 5) is 4.44. The average molecular weight is 265 g/mol.